The van der Waals surface area contributed by atoms with E-state index < -0.39 is 0 Å². The summed E-state index contributed by atoms with van der Waals surface area (Å²) in [7, 11) is 0. The van der Waals surface area contributed by atoms with Gasteiger partial charge in [0.1, 0.15) is 5.75 Å². The van der Waals surface area contributed by atoms with E-state index in [1.807, 2.05) is 24.0 Å². The fourth-order valence-electron chi connectivity index (χ4n) is 2.16. The molecular weight excluding hydrogens is 266 g/mol. The Hall–Kier alpha value is -1.62. The minimum atomic E-state index is 0.0607. The molecule has 1 aliphatic carbocycles. The van der Waals surface area contributed by atoms with Crippen LogP contribution in [0.4, 0.5) is 0 Å². The van der Waals surface area contributed by atoms with Crippen molar-refractivity contribution >= 4 is 5.91 Å². The first kappa shape index (κ1) is 15.8. The van der Waals surface area contributed by atoms with E-state index in [1.165, 1.54) is 0 Å². The van der Waals surface area contributed by atoms with E-state index in [1.54, 1.807) is 6.20 Å². The smallest absolute Gasteiger partial charge is 0.260 e. The van der Waals surface area contributed by atoms with E-state index in [9.17, 15) is 4.79 Å². The van der Waals surface area contributed by atoms with Gasteiger partial charge in [-0.1, -0.05) is 13.8 Å². The van der Waals surface area contributed by atoms with Crippen LogP contribution in [0.25, 0.3) is 0 Å². The fraction of sp³-hybridized carbons (Fsp3) is 0.625. The van der Waals surface area contributed by atoms with E-state index in [-0.39, 0.29) is 12.5 Å². The van der Waals surface area contributed by atoms with Crippen molar-refractivity contribution in [1.82, 2.24) is 15.2 Å². The molecule has 1 amide bonds. The molecule has 1 N–H and O–H groups in total. The molecule has 0 bridgehead atoms. The second-order valence-electron chi connectivity index (χ2n) is 5.72. The predicted molar refractivity (Wildman–Crippen MR) is 82.1 cm³/mol. The Morgan fingerprint density at radius 1 is 1.48 bits per heavy atom. The van der Waals surface area contributed by atoms with Crippen LogP contribution in [-0.2, 0) is 11.3 Å². The quantitative estimate of drug-likeness (QED) is 0.795. The summed E-state index contributed by atoms with van der Waals surface area (Å²) in [5, 5.41) is 3.31. The molecule has 1 aliphatic rings. The summed E-state index contributed by atoms with van der Waals surface area (Å²) in [6.45, 7) is 7.79. The third kappa shape index (κ3) is 5.01. The SMILES string of the molecule is CCN(C(=O)COc1ccc(CNC(C)C)nc1)C1CC1. The topological polar surface area (TPSA) is 54.5 Å². The summed E-state index contributed by atoms with van der Waals surface area (Å²) < 4.78 is 5.54. The van der Waals surface area contributed by atoms with Crippen molar-refractivity contribution < 1.29 is 9.53 Å². The Kier molecular flexibility index (Phi) is 5.56. The number of pyridine rings is 1. The third-order valence-electron chi connectivity index (χ3n) is 3.50. The summed E-state index contributed by atoms with van der Waals surface area (Å²) in [6, 6.07) is 4.66. The minimum Gasteiger partial charge on any atom is -0.482 e. The Morgan fingerprint density at radius 2 is 2.24 bits per heavy atom. The van der Waals surface area contributed by atoms with Crippen molar-refractivity contribution in [3.63, 3.8) is 0 Å². The third-order valence-corrected chi connectivity index (χ3v) is 3.50. The lowest BCUT2D eigenvalue weighted by Gasteiger charge is -2.20. The Morgan fingerprint density at radius 3 is 2.76 bits per heavy atom. The first-order valence-electron chi connectivity index (χ1n) is 7.70. The van der Waals surface area contributed by atoms with Crippen molar-refractivity contribution in [1.29, 1.82) is 0 Å². The first-order chi connectivity index (χ1) is 10.1. The number of nitrogens with one attached hydrogen (secondary N) is 1. The molecule has 1 aromatic rings. The number of ether oxygens (including phenoxy) is 1. The number of carbonyl (C=O) groups is 1. The van der Waals surface area contributed by atoms with Crippen LogP contribution in [0.5, 0.6) is 5.75 Å². The number of hydrogen-bond donors (Lipinski definition) is 1. The van der Waals surface area contributed by atoms with Crippen LogP contribution in [0.15, 0.2) is 18.3 Å². The number of amides is 1. The van der Waals surface area contributed by atoms with Crippen molar-refractivity contribution in [2.75, 3.05) is 13.2 Å². The molecule has 2 rings (SSSR count). The van der Waals surface area contributed by atoms with Gasteiger partial charge in [-0.05, 0) is 31.9 Å². The summed E-state index contributed by atoms with van der Waals surface area (Å²) in [4.78, 5) is 18.3. The molecule has 1 fully saturated rings. The average molecular weight is 291 g/mol. The Balaban J connectivity index is 1.78. The Labute approximate surface area is 126 Å². The van der Waals surface area contributed by atoms with Crippen LogP contribution in [0.3, 0.4) is 0 Å². The highest BCUT2D eigenvalue weighted by atomic mass is 16.5. The lowest BCUT2D eigenvalue weighted by molar-refractivity contribution is -0.133. The van der Waals surface area contributed by atoms with E-state index in [4.69, 9.17) is 4.74 Å². The maximum absolute atomic E-state index is 12.0. The number of carbonyl (C=O) groups excluding carboxylic acids is 1. The Bertz CT molecular complexity index is 455. The van der Waals surface area contributed by atoms with E-state index >= 15 is 0 Å². The van der Waals surface area contributed by atoms with E-state index in [2.05, 4.69) is 24.1 Å². The van der Waals surface area contributed by atoms with Gasteiger partial charge in [0.05, 0.1) is 11.9 Å². The molecular formula is C16H25N3O2. The largest absolute Gasteiger partial charge is 0.482 e. The highest BCUT2D eigenvalue weighted by Gasteiger charge is 2.31. The maximum atomic E-state index is 12.0. The normalized spacial score (nSPS) is 14.3. The molecule has 0 aromatic carbocycles. The second-order valence-corrected chi connectivity index (χ2v) is 5.72. The number of nitrogens with zero attached hydrogens (tertiary/aromatic N) is 2. The zero-order chi connectivity index (χ0) is 15.2. The van der Waals surface area contributed by atoms with Crippen LogP contribution in [0.1, 0.15) is 39.3 Å². The number of aromatic nitrogens is 1. The van der Waals surface area contributed by atoms with Gasteiger partial charge in [0, 0.05) is 25.2 Å². The highest BCUT2D eigenvalue weighted by molar-refractivity contribution is 5.78. The van der Waals surface area contributed by atoms with Gasteiger partial charge < -0.3 is 15.0 Å². The second kappa shape index (κ2) is 7.41. The van der Waals surface area contributed by atoms with Crippen LogP contribution >= 0.6 is 0 Å². The molecule has 116 valence electrons. The first-order valence-corrected chi connectivity index (χ1v) is 7.70. The molecule has 0 unspecified atom stereocenters. The van der Waals surface area contributed by atoms with Crippen molar-refractivity contribution in [2.45, 2.75) is 52.2 Å². The zero-order valence-corrected chi connectivity index (χ0v) is 13.1. The van der Waals surface area contributed by atoms with Gasteiger partial charge >= 0.3 is 0 Å². The number of rotatable bonds is 8. The lowest BCUT2D eigenvalue weighted by atomic mass is 10.3. The fourth-order valence-corrected chi connectivity index (χ4v) is 2.16. The number of likely N-dealkylation sites (N-methyl/N-ethyl adjacent to an activating group) is 1. The maximum Gasteiger partial charge on any atom is 0.260 e. The lowest BCUT2D eigenvalue weighted by Crippen LogP contribution is -2.36. The van der Waals surface area contributed by atoms with Gasteiger partial charge in [-0.2, -0.15) is 0 Å². The molecule has 0 radical (unpaired) electrons. The van der Waals surface area contributed by atoms with Gasteiger partial charge in [0.2, 0.25) is 0 Å². The van der Waals surface area contributed by atoms with Crippen molar-refractivity contribution in [2.24, 2.45) is 0 Å². The molecule has 0 aliphatic heterocycles. The van der Waals surface area contributed by atoms with Crippen LogP contribution in [0, 0.1) is 0 Å². The van der Waals surface area contributed by atoms with Crippen molar-refractivity contribution in [3.8, 4) is 5.75 Å². The molecule has 21 heavy (non-hydrogen) atoms. The molecule has 1 aromatic heterocycles. The molecule has 0 atom stereocenters. The predicted octanol–water partition coefficient (Wildman–Crippen LogP) is 1.97. The monoisotopic (exact) mass is 291 g/mol. The van der Waals surface area contributed by atoms with Gasteiger partial charge in [0.15, 0.2) is 6.61 Å². The summed E-state index contributed by atoms with van der Waals surface area (Å²) >= 11 is 0. The standard InChI is InChI=1S/C16H25N3O2/c1-4-19(14-6-7-14)16(20)11-21-15-8-5-13(18-10-15)9-17-12(2)3/h5,8,10,12,14,17H,4,6-7,9,11H2,1-3H3. The average Bonchev–Trinajstić information content (AvgIpc) is 3.29. The van der Waals surface area contributed by atoms with Crippen LogP contribution < -0.4 is 10.1 Å². The molecule has 1 heterocycles. The highest BCUT2D eigenvalue weighted by Crippen LogP contribution is 2.26. The van der Waals surface area contributed by atoms with Gasteiger partial charge in [0.25, 0.3) is 5.91 Å². The van der Waals surface area contributed by atoms with E-state index in [0.29, 0.717) is 17.8 Å². The van der Waals surface area contributed by atoms with Gasteiger partial charge in [-0.25, -0.2) is 0 Å². The number of hydrogen-bond acceptors (Lipinski definition) is 4. The van der Waals surface area contributed by atoms with Gasteiger partial charge in [-0.15, -0.1) is 0 Å². The van der Waals surface area contributed by atoms with Gasteiger partial charge in [-0.3, -0.25) is 9.78 Å². The molecule has 1 saturated carbocycles. The van der Waals surface area contributed by atoms with Crippen molar-refractivity contribution in [3.05, 3.63) is 24.0 Å². The van der Waals surface area contributed by atoms with E-state index in [0.717, 1.165) is 31.6 Å². The molecule has 5 nitrogen and oxygen atoms in total. The molecule has 0 saturated heterocycles. The molecule has 0 spiro atoms. The summed E-state index contributed by atoms with van der Waals surface area (Å²) in [5.41, 5.74) is 0.968. The minimum absolute atomic E-state index is 0.0607. The summed E-state index contributed by atoms with van der Waals surface area (Å²) in [6.07, 6.45) is 3.93. The van der Waals surface area contributed by atoms with Crippen LogP contribution in [0.2, 0.25) is 0 Å². The molecule has 5 heteroatoms. The zero-order valence-electron chi connectivity index (χ0n) is 13.1. The van der Waals surface area contributed by atoms with Crippen LogP contribution in [-0.4, -0.2) is 41.0 Å². The summed E-state index contributed by atoms with van der Waals surface area (Å²) in [5.74, 6) is 0.703.